The van der Waals surface area contributed by atoms with Gasteiger partial charge in [0.15, 0.2) is 5.82 Å². The van der Waals surface area contributed by atoms with Gasteiger partial charge in [0, 0.05) is 6.54 Å². The van der Waals surface area contributed by atoms with Gasteiger partial charge in [0.1, 0.15) is 30.9 Å². The van der Waals surface area contributed by atoms with Crippen LogP contribution in [-0.2, 0) is 4.74 Å². The molecule has 2 aromatic heterocycles. The number of nitrogens with zero attached hydrogens (tertiary/aromatic N) is 4. The highest BCUT2D eigenvalue weighted by Crippen LogP contribution is 2.15. The van der Waals surface area contributed by atoms with Crippen molar-refractivity contribution in [1.29, 1.82) is 0 Å². The summed E-state index contributed by atoms with van der Waals surface area (Å²) in [7, 11) is -1.28. The normalized spacial score (nSPS) is 10.8. The van der Waals surface area contributed by atoms with Gasteiger partial charge in [0.25, 0.3) is 0 Å². The number of hydrogen-bond acceptors (Lipinski definition) is 10. The van der Waals surface area contributed by atoms with Crippen LogP contribution in [0, 0.1) is 0 Å². The number of rotatable bonds is 5. The third-order valence-electron chi connectivity index (χ3n) is 3.11. The van der Waals surface area contributed by atoms with Gasteiger partial charge in [-0.2, -0.15) is 0 Å². The molecule has 0 aromatic carbocycles. The molecular weight excluding hydrogens is 653 g/mol. The summed E-state index contributed by atoms with van der Waals surface area (Å²) in [6.07, 6.45) is 8.54. The average Bonchev–Trinajstić information content (AvgIpc) is 2.74. The fourth-order valence-corrected chi connectivity index (χ4v) is 2.86. The van der Waals surface area contributed by atoms with Crippen LogP contribution in [0.1, 0.15) is 39.8 Å². The predicted octanol–water partition coefficient (Wildman–Crippen LogP) is 3.91. The van der Waals surface area contributed by atoms with Crippen molar-refractivity contribution >= 4 is 78.7 Å². The summed E-state index contributed by atoms with van der Waals surface area (Å²) in [5.41, 5.74) is 11.0. The smallest absolute Gasteiger partial charge is 0.444 e. The van der Waals surface area contributed by atoms with Crippen LogP contribution < -0.4 is 16.8 Å². The lowest BCUT2D eigenvalue weighted by molar-refractivity contribution is 0.0534. The largest absolute Gasteiger partial charge is 0.480 e. The first-order chi connectivity index (χ1) is 16.2. The number of nitrogens with one attached hydrogen (secondary N) is 1. The van der Waals surface area contributed by atoms with Crippen molar-refractivity contribution in [3.05, 3.63) is 50.0 Å². The highest BCUT2D eigenvalue weighted by Gasteiger charge is 2.15. The molecule has 0 spiro atoms. The van der Waals surface area contributed by atoms with E-state index < -0.39 is 18.8 Å². The number of carbonyl (C=O) groups excluding carboxylic acids is 1. The summed E-state index contributed by atoms with van der Waals surface area (Å²) in [5, 5.41) is 18.9. The number of halogens is 3. The van der Waals surface area contributed by atoms with Gasteiger partial charge in [0.05, 0.1) is 12.4 Å². The van der Waals surface area contributed by atoms with Gasteiger partial charge >= 0.3 is 13.2 Å². The van der Waals surface area contributed by atoms with Crippen LogP contribution in [0.3, 0.4) is 0 Å². The Labute approximate surface area is 230 Å². The van der Waals surface area contributed by atoms with Crippen LogP contribution in [0.25, 0.3) is 6.08 Å². The second kappa shape index (κ2) is 17.4. The number of ether oxygens (including phenoxy) is 1. The van der Waals surface area contributed by atoms with E-state index in [-0.39, 0.29) is 0 Å². The standard InChI is InChI=1S/C12H17BrN4O2.C4H9BO2.C4H3Br2N3/c1-12(2,3)19-11(18)15-6-4-5-8-10(14)16-7-9(13)17-8;1-2-3-4-5(6)7;5-2-1-8-4(7)3(6)9-2/h4-5,7H,6H2,1-3H3,(H2,14,16)(H,15,18);3-4,6-7H,2H2,1H3;1H,(H2,7,8)/b5-4+;4-3+;. The molecule has 0 radical (unpaired) electrons. The van der Waals surface area contributed by atoms with Gasteiger partial charge in [-0.3, -0.25) is 0 Å². The molecule has 11 nitrogen and oxygen atoms in total. The molecule has 192 valence electrons. The van der Waals surface area contributed by atoms with E-state index in [1.165, 1.54) is 12.2 Å². The minimum absolute atomic E-state index is 0.322. The van der Waals surface area contributed by atoms with Crippen molar-refractivity contribution in [3.63, 3.8) is 0 Å². The maximum atomic E-state index is 11.4. The summed E-state index contributed by atoms with van der Waals surface area (Å²) < 4.78 is 6.92. The summed E-state index contributed by atoms with van der Waals surface area (Å²) in [6, 6.07) is 0. The van der Waals surface area contributed by atoms with E-state index in [2.05, 4.69) is 73.0 Å². The minimum Gasteiger partial charge on any atom is -0.444 e. The first kappa shape index (κ1) is 32.9. The quantitative estimate of drug-likeness (QED) is 0.290. The Bertz CT molecular complexity index is 990. The molecule has 2 aromatic rings. The van der Waals surface area contributed by atoms with Crippen molar-refractivity contribution in [2.45, 2.75) is 39.7 Å². The second-order valence-electron chi connectivity index (χ2n) is 7.37. The maximum Gasteiger partial charge on any atom is 0.480 e. The minimum atomic E-state index is -1.28. The summed E-state index contributed by atoms with van der Waals surface area (Å²) in [5.74, 6) is 2.06. The zero-order valence-electron chi connectivity index (χ0n) is 19.7. The van der Waals surface area contributed by atoms with Crippen molar-refractivity contribution in [1.82, 2.24) is 25.3 Å². The number of anilines is 2. The van der Waals surface area contributed by atoms with E-state index in [9.17, 15) is 4.79 Å². The van der Waals surface area contributed by atoms with Crippen molar-refractivity contribution < 1.29 is 19.6 Å². The molecule has 0 bridgehead atoms. The number of aromatic nitrogens is 4. The average molecular weight is 682 g/mol. The number of carbonyl (C=O) groups is 1. The SMILES string of the molecule is CC(C)(C)OC(=O)NC/C=C/c1nc(Br)cnc1N.CC/C=C/B(O)O.Nc1ncc(Br)nc1Br. The number of alkyl carbamates (subject to hydrolysis) is 1. The van der Waals surface area contributed by atoms with E-state index >= 15 is 0 Å². The van der Waals surface area contributed by atoms with Crippen LogP contribution in [0.4, 0.5) is 16.4 Å². The highest BCUT2D eigenvalue weighted by molar-refractivity contribution is 9.11. The van der Waals surface area contributed by atoms with Crippen molar-refractivity contribution in [2.75, 3.05) is 18.0 Å². The molecule has 7 N–H and O–H groups in total. The Balaban J connectivity index is 0.000000594. The van der Waals surface area contributed by atoms with E-state index in [0.29, 0.717) is 37.7 Å². The molecular formula is C20H29BBr3N7O4. The van der Waals surface area contributed by atoms with Crippen LogP contribution in [0.15, 0.2) is 44.3 Å². The van der Waals surface area contributed by atoms with Crippen LogP contribution >= 0.6 is 47.8 Å². The van der Waals surface area contributed by atoms with Crippen LogP contribution in [0.5, 0.6) is 0 Å². The lowest BCUT2D eigenvalue weighted by atomic mass is 9.92. The molecule has 1 amide bonds. The lowest BCUT2D eigenvalue weighted by Gasteiger charge is -2.19. The number of allylic oxidation sites excluding steroid dienone is 1. The first-order valence-corrected chi connectivity index (χ1v) is 12.5. The molecule has 0 saturated carbocycles. The summed E-state index contributed by atoms with van der Waals surface area (Å²) in [4.78, 5) is 27.2. The van der Waals surface area contributed by atoms with Gasteiger partial charge < -0.3 is 31.6 Å². The number of nitrogens with two attached hydrogens (primary N) is 2. The third kappa shape index (κ3) is 17.9. The van der Waals surface area contributed by atoms with Crippen molar-refractivity contribution in [3.8, 4) is 0 Å². The summed E-state index contributed by atoms with van der Waals surface area (Å²) in [6.45, 7) is 7.67. The Morgan fingerprint density at radius 3 is 2.11 bits per heavy atom. The van der Waals surface area contributed by atoms with Gasteiger partial charge in [-0.25, -0.2) is 24.7 Å². The Morgan fingerprint density at radius 2 is 1.66 bits per heavy atom. The second-order valence-corrected chi connectivity index (χ2v) is 9.74. The number of amides is 1. The fraction of sp³-hybridized carbons (Fsp3) is 0.350. The van der Waals surface area contributed by atoms with E-state index in [1.54, 1.807) is 45.2 Å². The molecule has 0 atom stereocenters. The fourth-order valence-electron chi connectivity index (χ4n) is 1.75. The molecule has 0 aliphatic heterocycles. The Hall–Kier alpha value is -2.07. The van der Waals surface area contributed by atoms with Gasteiger partial charge in [0.2, 0.25) is 0 Å². The molecule has 35 heavy (non-hydrogen) atoms. The molecule has 0 aliphatic rings. The zero-order valence-corrected chi connectivity index (χ0v) is 24.5. The monoisotopic (exact) mass is 679 g/mol. The Morgan fingerprint density at radius 1 is 1.09 bits per heavy atom. The Kier molecular flexibility index (Phi) is 16.4. The van der Waals surface area contributed by atoms with Crippen LogP contribution in [0.2, 0.25) is 0 Å². The zero-order chi connectivity index (χ0) is 27.0. The molecule has 0 fully saturated rings. The summed E-state index contributed by atoms with van der Waals surface area (Å²) >= 11 is 9.46. The van der Waals surface area contributed by atoms with Crippen molar-refractivity contribution in [2.24, 2.45) is 0 Å². The third-order valence-corrected chi connectivity index (χ3v) is 4.46. The van der Waals surface area contributed by atoms with Gasteiger partial charge in [-0.15, -0.1) is 0 Å². The highest BCUT2D eigenvalue weighted by atomic mass is 79.9. The topological polar surface area (TPSA) is 182 Å². The van der Waals surface area contributed by atoms with Gasteiger partial charge in [-0.05, 0) is 81.1 Å². The molecule has 15 heteroatoms. The van der Waals surface area contributed by atoms with E-state index in [1.807, 2.05) is 6.92 Å². The molecule has 2 rings (SSSR count). The molecule has 0 saturated heterocycles. The van der Waals surface area contributed by atoms with Crippen LogP contribution in [-0.4, -0.2) is 55.3 Å². The predicted molar refractivity (Wildman–Crippen MR) is 149 cm³/mol. The molecule has 0 unspecified atom stereocenters. The van der Waals surface area contributed by atoms with E-state index in [0.717, 1.165) is 6.42 Å². The molecule has 0 aliphatic carbocycles. The van der Waals surface area contributed by atoms with E-state index in [4.69, 9.17) is 26.3 Å². The van der Waals surface area contributed by atoms with Gasteiger partial charge in [-0.1, -0.05) is 25.1 Å². The number of nitrogen functional groups attached to an aromatic ring is 2. The lowest BCUT2D eigenvalue weighted by Crippen LogP contribution is -2.32. The maximum absolute atomic E-state index is 11.4. The number of hydrogen-bond donors (Lipinski definition) is 5. The first-order valence-electron chi connectivity index (χ1n) is 10.1. The molecule has 2 heterocycles.